The largest absolute Gasteiger partial charge is 0.463 e. The molecule has 0 saturated heterocycles. The van der Waals surface area contributed by atoms with Crippen molar-refractivity contribution in [3.05, 3.63) is 0 Å². The van der Waals surface area contributed by atoms with Gasteiger partial charge in [-0.15, -0.1) is 0 Å². The van der Waals surface area contributed by atoms with E-state index in [1.807, 2.05) is 20.8 Å². The van der Waals surface area contributed by atoms with Gasteiger partial charge in [0.2, 0.25) is 0 Å². The van der Waals surface area contributed by atoms with Crippen LogP contribution in [0.3, 0.4) is 0 Å². The van der Waals surface area contributed by atoms with E-state index in [-0.39, 0.29) is 30.8 Å². The second kappa shape index (κ2) is 10.8. The summed E-state index contributed by atoms with van der Waals surface area (Å²) in [5.41, 5.74) is 0. The molecule has 0 heterocycles. The maximum Gasteiger partial charge on any atom is 0.306 e. The minimum absolute atomic E-state index is 0.201. The molecule has 0 amide bonds. The zero-order valence-corrected chi connectivity index (χ0v) is 12.4. The zero-order valence-electron chi connectivity index (χ0n) is 12.4. The van der Waals surface area contributed by atoms with Gasteiger partial charge in [0.15, 0.2) is 0 Å². The van der Waals surface area contributed by atoms with Gasteiger partial charge in [0.1, 0.15) is 12.7 Å². The highest BCUT2D eigenvalue weighted by Gasteiger charge is 2.12. The van der Waals surface area contributed by atoms with Crippen LogP contribution in [0, 0.1) is 0 Å². The van der Waals surface area contributed by atoms with Crippen molar-refractivity contribution < 1.29 is 23.8 Å². The molecule has 0 bridgehead atoms. The molecule has 0 aromatic rings. The highest BCUT2D eigenvalue weighted by atomic mass is 16.6. The Morgan fingerprint density at radius 3 is 2.05 bits per heavy atom. The van der Waals surface area contributed by atoms with Crippen molar-refractivity contribution in [1.82, 2.24) is 0 Å². The molecule has 5 heteroatoms. The van der Waals surface area contributed by atoms with Crippen LogP contribution in [0.25, 0.3) is 0 Å². The first kappa shape index (κ1) is 17.9. The Hall–Kier alpha value is -1.10. The molecule has 0 aliphatic heterocycles. The van der Waals surface area contributed by atoms with E-state index < -0.39 is 0 Å². The summed E-state index contributed by atoms with van der Waals surface area (Å²) in [6.45, 7) is 7.99. The average Bonchev–Trinajstić information content (AvgIpc) is 2.34. The lowest BCUT2D eigenvalue weighted by Crippen LogP contribution is -2.26. The van der Waals surface area contributed by atoms with Crippen LogP contribution >= 0.6 is 0 Å². The molecule has 0 aliphatic carbocycles. The summed E-state index contributed by atoms with van der Waals surface area (Å²) in [6.07, 6.45) is 1.92. The fraction of sp³-hybridized carbons (Fsp3) is 0.857. The molecule has 2 atom stereocenters. The predicted octanol–water partition coefficient (Wildman–Crippen LogP) is 2.47. The number of carbonyl (C=O) groups excluding carboxylic acids is 2. The van der Waals surface area contributed by atoms with Crippen molar-refractivity contribution >= 4 is 11.9 Å². The minimum Gasteiger partial charge on any atom is -0.463 e. The molecule has 0 rings (SSSR count). The number of esters is 2. The van der Waals surface area contributed by atoms with Crippen LogP contribution in [0.5, 0.6) is 0 Å². The Bertz CT molecular complexity index is 265. The van der Waals surface area contributed by atoms with Gasteiger partial charge in [0, 0.05) is 12.8 Å². The monoisotopic (exact) mass is 274 g/mol. The molecule has 0 fully saturated rings. The van der Waals surface area contributed by atoms with Crippen molar-refractivity contribution in [2.24, 2.45) is 0 Å². The molecular weight excluding hydrogens is 248 g/mol. The molecular formula is C14H26O5. The summed E-state index contributed by atoms with van der Waals surface area (Å²) >= 11 is 0. The SMILES string of the molecule is CCCC(=O)OCC(C)OCC(C)OC(=O)CCC. The van der Waals surface area contributed by atoms with Crippen LogP contribution in [-0.4, -0.2) is 37.4 Å². The van der Waals surface area contributed by atoms with Gasteiger partial charge >= 0.3 is 11.9 Å². The summed E-state index contributed by atoms with van der Waals surface area (Å²) < 4.78 is 15.6. The molecule has 112 valence electrons. The van der Waals surface area contributed by atoms with E-state index >= 15 is 0 Å². The van der Waals surface area contributed by atoms with Crippen molar-refractivity contribution in [2.45, 2.75) is 65.6 Å². The first-order chi connectivity index (χ1) is 8.99. The normalized spacial score (nSPS) is 13.7. The first-order valence-electron chi connectivity index (χ1n) is 6.96. The first-order valence-corrected chi connectivity index (χ1v) is 6.96. The van der Waals surface area contributed by atoms with Gasteiger partial charge < -0.3 is 14.2 Å². The third kappa shape index (κ3) is 10.5. The van der Waals surface area contributed by atoms with E-state index in [0.29, 0.717) is 19.4 Å². The molecule has 2 unspecified atom stereocenters. The van der Waals surface area contributed by atoms with E-state index in [1.165, 1.54) is 0 Å². The Morgan fingerprint density at radius 2 is 1.47 bits per heavy atom. The number of hydrogen-bond acceptors (Lipinski definition) is 5. The quantitative estimate of drug-likeness (QED) is 0.573. The molecule has 5 nitrogen and oxygen atoms in total. The van der Waals surface area contributed by atoms with Gasteiger partial charge in [-0.3, -0.25) is 9.59 Å². The maximum atomic E-state index is 11.2. The van der Waals surface area contributed by atoms with Crippen LogP contribution in [-0.2, 0) is 23.8 Å². The van der Waals surface area contributed by atoms with Crippen molar-refractivity contribution in [1.29, 1.82) is 0 Å². The topological polar surface area (TPSA) is 61.8 Å². The smallest absolute Gasteiger partial charge is 0.306 e. The van der Waals surface area contributed by atoms with Crippen molar-refractivity contribution in [3.8, 4) is 0 Å². The Balaban J connectivity index is 3.68. The number of ether oxygens (including phenoxy) is 3. The Kier molecular flexibility index (Phi) is 10.2. The van der Waals surface area contributed by atoms with E-state index in [0.717, 1.165) is 12.8 Å². The van der Waals surface area contributed by atoms with E-state index in [4.69, 9.17) is 14.2 Å². The summed E-state index contributed by atoms with van der Waals surface area (Å²) in [4.78, 5) is 22.4. The average molecular weight is 274 g/mol. The van der Waals surface area contributed by atoms with Crippen LogP contribution in [0.4, 0.5) is 0 Å². The molecule has 0 radical (unpaired) electrons. The van der Waals surface area contributed by atoms with Gasteiger partial charge in [-0.25, -0.2) is 0 Å². The lowest BCUT2D eigenvalue weighted by atomic mass is 10.3. The molecule has 0 spiro atoms. The summed E-state index contributed by atoms with van der Waals surface area (Å²) in [5, 5.41) is 0. The molecule has 0 aromatic heterocycles. The summed E-state index contributed by atoms with van der Waals surface area (Å²) in [6, 6.07) is 0. The van der Waals surface area contributed by atoms with E-state index in [2.05, 4.69) is 0 Å². The number of rotatable bonds is 10. The predicted molar refractivity (Wildman–Crippen MR) is 71.7 cm³/mol. The molecule has 0 N–H and O–H groups in total. The van der Waals surface area contributed by atoms with E-state index in [9.17, 15) is 9.59 Å². The third-order valence-corrected chi connectivity index (χ3v) is 2.34. The summed E-state index contributed by atoms with van der Waals surface area (Å²) in [7, 11) is 0. The molecule has 0 saturated carbocycles. The number of carbonyl (C=O) groups is 2. The van der Waals surface area contributed by atoms with Gasteiger partial charge in [0.05, 0.1) is 12.7 Å². The van der Waals surface area contributed by atoms with Gasteiger partial charge in [0.25, 0.3) is 0 Å². The zero-order chi connectivity index (χ0) is 14.7. The second-order valence-corrected chi connectivity index (χ2v) is 4.63. The fourth-order valence-corrected chi connectivity index (χ4v) is 1.36. The molecule has 19 heavy (non-hydrogen) atoms. The van der Waals surface area contributed by atoms with Gasteiger partial charge in [-0.1, -0.05) is 13.8 Å². The van der Waals surface area contributed by atoms with Crippen molar-refractivity contribution in [3.63, 3.8) is 0 Å². The van der Waals surface area contributed by atoms with Crippen LogP contribution in [0.1, 0.15) is 53.4 Å². The summed E-state index contributed by atoms with van der Waals surface area (Å²) in [5.74, 6) is -0.416. The fourth-order valence-electron chi connectivity index (χ4n) is 1.36. The van der Waals surface area contributed by atoms with Crippen LogP contribution in [0.2, 0.25) is 0 Å². The minimum atomic E-state index is -0.284. The van der Waals surface area contributed by atoms with Gasteiger partial charge in [-0.05, 0) is 26.7 Å². The maximum absolute atomic E-state index is 11.2. The standard InChI is InChI=1S/C14H26O5/c1-5-7-13(15)18-9-11(3)17-10-12(4)19-14(16)8-6-2/h11-12H,5-10H2,1-4H3. The Labute approximate surface area is 115 Å². The van der Waals surface area contributed by atoms with Gasteiger partial charge in [-0.2, -0.15) is 0 Å². The van der Waals surface area contributed by atoms with Crippen LogP contribution in [0.15, 0.2) is 0 Å². The highest BCUT2D eigenvalue weighted by Crippen LogP contribution is 2.01. The lowest BCUT2D eigenvalue weighted by molar-refractivity contribution is -0.154. The lowest BCUT2D eigenvalue weighted by Gasteiger charge is -2.17. The third-order valence-electron chi connectivity index (χ3n) is 2.34. The van der Waals surface area contributed by atoms with Crippen LogP contribution < -0.4 is 0 Å². The molecule has 0 aromatic carbocycles. The molecule has 0 aliphatic rings. The number of hydrogen-bond donors (Lipinski definition) is 0. The van der Waals surface area contributed by atoms with E-state index in [1.54, 1.807) is 6.92 Å². The highest BCUT2D eigenvalue weighted by molar-refractivity contribution is 5.69. The second-order valence-electron chi connectivity index (χ2n) is 4.63. The Morgan fingerprint density at radius 1 is 0.895 bits per heavy atom. The van der Waals surface area contributed by atoms with Crippen molar-refractivity contribution in [2.75, 3.05) is 13.2 Å².